The first-order chi connectivity index (χ1) is 13.1. The quantitative estimate of drug-likeness (QED) is 0.482. The molecule has 1 aromatic heterocycles. The SMILES string of the molecule is CCOC(=O)C1CCN(C(=NC)NCCc2c[nH]c3cccc(C)c23)CC1. The van der Waals surface area contributed by atoms with E-state index in [1.807, 2.05) is 14.0 Å². The van der Waals surface area contributed by atoms with Gasteiger partial charge in [0.05, 0.1) is 12.5 Å². The number of carbonyl (C=O) groups is 1. The van der Waals surface area contributed by atoms with Gasteiger partial charge in [0.2, 0.25) is 0 Å². The highest BCUT2D eigenvalue weighted by atomic mass is 16.5. The maximum atomic E-state index is 11.9. The van der Waals surface area contributed by atoms with E-state index in [9.17, 15) is 4.79 Å². The van der Waals surface area contributed by atoms with Crippen LogP contribution >= 0.6 is 0 Å². The summed E-state index contributed by atoms with van der Waals surface area (Å²) in [7, 11) is 1.82. The third-order valence-corrected chi connectivity index (χ3v) is 5.30. The van der Waals surface area contributed by atoms with E-state index in [-0.39, 0.29) is 11.9 Å². The Balaban J connectivity index is 1.52. The molecule has 0 bridgehead atoms. The maximum absolute atomic E-state index is 11.9. The standard InChI is InChI=1S/C21H30N4O2/c1-4-27-20(26)16-9-12-25(13-10-16)21(22-3)23-11-8-17-14-24-18-7-5-6-15(2)19(17)18/h5-7,14,16,24H,4,8-13H2,1-3H3,(H,22,23). The Morgan fingerprint density at radius 2 is 2.15 bits per heavy atom. The average Bonchev–Trinajstić information content (AvgIpc) is 3.10. The molecule has 27 heavy (non-hydrogen) atoms. The van der Waals surface area contributed by atoms with Crippen molar-refractivity contribution in [3.8, 4) is 0 Å². The van der Waals surface area contributed by atoms with Crippen LogP contribution in [0.2, 0.25) is 0 Å². The molecule has 1 aliphatic heterocycles. The molecule has 1 fully saturated rings. The molecule has 2 heterocycles. The third kappa shape index (κ3) is 4.43. The summed E-state index contributed by atoms with van der Waals surface area (Å²) in [6, 6.07) is 6.35. The number of nitrogens with zero attached hydrogens (tertiary/aromatic N) is 2. The molecule has 2 aromatic rings. The number of likely N-dealkylation sites (tertiary alicyclic amines) is 1. The molecule has 1 saturated heterocycles. The molecule has 146 valence electrons. The van der Waals surface area contributed by atoms with Gasteiger partial charge in [-0.1, -0.05) is 12.1 Å². The number of H-pyrrole nitrogens is 1. The summed E-state index contributed by atoms with van der Waals surface area (Å²) < 4.78 is 5.15. The number of aromatic amines is 1. The number of rotatable bonds is 5. The first-order valence-corrected chi connectivity index (χ1v) is 9.81. The van der Waals surface area contributed by atoms with Gasteiger partial charge in [-0.3, -0.25) is 9.79 Å². The number of esters is 1. The van der Waals surface area contributed by atoms with Crippen LogP contribution in [-0.2, 0) is 16.0 Å². The van der Waals surface area contributed by atoms with E-state index >= 15 is 0 Å². The number of hydrogen-bond acceptors (Lipinski definition) is 3. The van der Waals surface area contributed by atoms with Crippen LogP contribution in [0.3, 0.4) is 0 Å². The molecule has 6 heteroatoms. The zero-order valence-electron chi connectivity index (χ0n) is 16.5. The fraction of sp³-hybridized carbons (Fsp3) is 0.524. The Kier molecular flexibility index (Phi) is 6.37. The Hall–Kier alpha value is -2.50. The predicted molar refractivity (Wildman–Crippen MR) is 109 cm³/mol. The van der Waals surface area contributed by atoms with Crippen molar-refractivity contribution in [1.82, 2.24) is 15.2 Å². The third-order valence-electron chi connectivity index (χ3n) is 5.30. The molecule has 1 aromatic carbocycles. The van der Waals surface area contributed by atoms with Crippen LogP contribution in [-0.4, -0.2) is 55.1 Å². The fourth-order valence-corrected chi connectivity index (χ4v) is 3.88. The van der Waals surface area contributed by atoms with Crippen LogP contribution in [0.25, 0.3) is 10.9 Å². The number of carbonyl (C=O) groups excluding carboxylic acids is 1. The van der Waals surface area contributed by atoms with E-state index < -0.39 is 0 Å². The minimum Gasteiger partial charge on any atom is -0.466 e. The molecule has 0 radical (unpaired) electrons. The van der Waals surface area contributed by atoms with Gasteiger partial charge >= 0.3 is 5.97 Å². The molecule has 2 N–H and O–H groups in total. The lowest BCUT2D eigenvalue weighted by molar-refractivity contribution is -0.149. The zero-order chi connectivity index (χ0) is 19.2. The number of hydrogen-bond donors (Lipinski definition) is 2. The number of ether oxygens (including phenoxy) is 1. The van der Waals surface area contributed by atoms with Crippen molar-refractivity contribution in [3.63, 3.8) is 0 Å². The first kappa shape index (κ1) is 19.3. The van der Waals surface area contributed by atoms with Crippen molar-refractivity contribution < 1.29 is 9.53 Å². The topological polar surface area (TPSA) is 69.7 Å². The van der Waals surface area contributed by atoms with Crippen LogP contribution in [0, 0.1) is 12.8 Å². The van der Waals surface area contributed by atoms with Crippen LogP contribution < -0.4 is 5.32 Å². The summed E-state index contributed by atoms with van der Waals surface area (Å²) in [5.41, 5.74) is 3.82. The van der Waals surface area contributed by atoms with Crippen molar-refractivity contribution in [2.75, 3.05) is 33.3 Å². The molecule has 3 rings (SSSR count). The van der Waals surface area contributed by atoms with Crippen molar-refractivity contribution in [2.45, 2.75) is 33.1 Å². The van der Waals surface area contributed by atoms with Gasteiger partial charge in [-0.2, -0.15) is 0 Å². The number of guanidine groups is 1. The highest BCUT2D eigenvalue weighted by molar-refractivity contribution is 5.86. The van der Waals surface area contributed by atoms with Crippen molar-refractivity contribution in [2.24, 2.45) is 10.9 Å². The fourth-order valence-electron chi connectivity index (χ4n) is 3.88. The second-order valence-corrected chi connectivity index (χ2v) is 7.05. The molecule has 1 aliphatic rings. The first-order valence-electron chi connectivity index (χ1n) is 9.81. The molecule has 0 atom stereocenters. The summed E-state index contributed by atoms with van der Waals surface area (Å²) in [4.78, 5) is 21.9. The van der Waals surface area contributed by atoms with Gasteiger partial charge in [-0.25, -0.2) is 0 Å². The smallest absolute Gasteiger partial charge is 0.309 e. The second-order valence-electron chi connectivity index (χ2n) is 7.05. The van der Waals surface area contributed by atoms with Crippen LogP contribution in [0.4, 0.5) is 0 Å². The average molecular weight is 370 g/mol. The second kappa shape index (κ2) is 8.93. The largest absolute Gasteiger partial charge is 0.466 e. The zero-order valence-corrected chi connectivity index (χ0v) is 16.5. The van der Waals surface area contributed by atoms with Crippen LogP contribution in [0.5, 0.6) is 0 Å². The Bertz CT molecular complexity index is 804. The molecule has 0 saturated carbocycles. The molecule has 0 unspecified atom stereocenters. The number of benzene rings is 1. The Labute approximate surface area is 161 Å². The minimum atomic E-state index is -0.0604. The van der Waals surface area contributed by atoms with E-state index in [4.69, 9.17) is 4.74 Å². The minimum absolute atomic E-state index is 0.0218. The number of piperidine rings is 1. The Morgan fingerprint density at radius 3 is 2.85 bits per heavy atom. The van der Waals surface area contributed by atoms with E-state index in [2.05, 4.69) is 51.5 Å². The number of aliphatic imine (C=N–C) groups is 1. The van der Waals surface area contributed by atoms with Gasteiger partial charge in [0.15, 0.2) is 5.96 Å². The lowest BCUT2D eigenvalue weighted by Gasteiger charge is -2.33. The number of fused-ring (bicyclic) bond motifs is 1. The van der Waals surface area contributed by atoms with Gasteiger partial charge < -0.3 is 19.9 Å². The lowest BCUT2D eigenvalue weighted by atomic mass is 9.97. The summed E-state index contributed by atoms with van der Waals surface area (Å²) in [5.74, 6) is 0.872. The molecule has 6 nitrogen and oxygen atoms in total. The summed E-state index contributed by atoms with van der Waals surface area (Å²) >= 11 is 0. The van der Waals surface area contributed by atoms with Crippen LogP contribution in [0.1, 0.15) is 30.9 Å². The van der Waals surface area contributed by atoms with Gasteiger partial charge in [0, 0.05) is 43.8 Å². The van der Waals surface area contributed by atoms with Gasteiger partial charge in [-0.05, 0) is 50.3 Å². The molecular formula is C21H30N4O2. The van der Waals surface area contributed by atoms with Gasteiger partial charge in [-0.15, -0.1) is 0 Å². The number of aryl methyl sites for hydroxylation is 1. The van der Waals surface area contributed by atoms with E-state index in [0.717, 1.165) is 44.9 Å². The van der Waals surface area contributed by atoms with Crippen LogP contribution in [0.15, 0.2) is 29.4 Å². The Morgan fingerprint density at radius 1 is 1.37 bits per heavy atom. The normalized spacial score (nSPS) is 16.0. The van der Waals surface area contributed by atoms with Gasteiger partial charge in [0.1, 0.15) is 0 Å². The highest BCUT2D eigenvalue weighted by Crippen LogP contribution is 2.22. The van der Waals surface area contributed by atoms with E-state index in [0.29, 0.717) is 6.61 Å². The number of aromatic nitrogens is 1. The van der Waals surface area contributed by atoms with Gasteiger partial charge in [0.25, 0.3) is 0 Å². The monoisotopic (exact) mass is 370 g/mol. The highest BCUT2D eigenvalue weighted by Gasteiger charge is 2.27. The molecule has 0 aliphatic carbocycles. The summed E-state index contributed by atoms with van der Waals surface area (Å²) in [6.45, 7) is 6.94. The van der Waals surface area contributed by atoms with Crippen molar-refractivity contribution in [1.29, 1.82) is 0 Å². The van der Waals surface area contributed by atoms with E-state index in [1.54, 1.807) is 0 Å². The summed E-state index contributed by atoms with van der Waals surface area (Å²) in [6.07, 6.45) is 4.68. The maximum Gasteiger partial charge on any atom is 0.309 e. The molecular weight excluding hydrogens is 340 g/mol. The molecule has 0 spiro atoms. The van der Waals surface area contributed by atoms with E-state index in [1.165, 1.54) is 22.0 Å². The molecule has 0 amide bonds. The lowest BCUT2D eigenvalue weighted by Crippen LogP contribution is -2.47. The van der Waals surface area contributed by atoms with Crippen molar-refractivity contribution >= 4 is 22.8 Å². The number of nitrogens with one attached hydrogen (secondary N) is 2. The van der Waals surface area contributed by atoms with Crippen molar-refractivity contribution in [3.05, 3.63) is 35.5 Å². The summed E-state index contributed by atoms with van der Waals surface area (Å²) in [5, 5.41) is 4.80. The predicted octanol–water partition coefficient (Wildman–Crippen LogP) is 2.87.